The molecule has 25 heavy (non-hydrogen) atoms. The summed E-state index contributed by atoms with van der Waals surface area (Å²) in [6.07, 6.45) is 5.50. The van der Waals surface area contributed by atoms with Gasteiger partial charge in [0, 0.05) is 35.3 Å². The fourth-order valence-electron chi connectivity index (χ4n) is 4.07. The number of nitrogens with zero attached hydrogens (tertiary/aromatic N) is 1. The van der Waals surface area contributed by atoms with E-state index in [0.29, 0.717) is 0 Å². The molecular formula is C21H19N3O. The van der Waals surface area contributed by atoms with Gasteiger partial charge in [-0.15, -0.1) is 0 Å². The number of carbonyl (C=O) groups excluding carboxylic acids is 1. The summed E-state index contributed by atoms with van der Waals surface area (Å²) >= 11 is 0. The maximum absolute atomic E-state index is 13.0. The van der Waals surface area contributed by atoms with Gasteiger partial charge in [-0.2, -0.15) is 0 Å². The summed E-state index contributed by atoms with van der Waals surface area (Å²) < 4.78 is 0. The van der Waals surface area contributed by atoms with E-state index in [1.165, 1.54) is 0 Å². The Morgan fingerprint density at radius 3 is 2.68 bits per heavy atom. The summed E-state index contributed by atoms with van der Waals surface area (Å²) in [5.41, 5.74) is 5.93. The molecule has 4 nitrogen and oxygen atoms in total. The Morgan fingerprint density at radius 1 is 1.16 bits per heavy atom. The molecule has 0 saturated heterocycles. The Balaban J connectivity index is 1.68. The number of hydrogen-bond acceptors (Lipinski definition) is 3. The first-order chi connectivity index (χ1) is 12.2. The summed E-state index contributed by atoms with van der Waals surface area (Å²) in [5, 5.41) is 3.49. The summed E-state index contributed by atoms with van der Waals surface area (Å²) in [7, 11) is 0. The first-order valence-electron chi connectivity index (χ1n) is 8.67. The third-order valence-corrected chi connectivity index (χ3v) is 5.58. The van der Waals surface area contributed by atoms with E-state index in [4.69, 9.17) is 0 Å². The predicted molar refractivity (Wildman–Crippen MR) is 98.0 cm³/mol. The van der Waals surface area contributed by atoms with E-state index in [-0.39, 0.29) is 17.1 Å². The lowest BCUT2D eigenvalue weighted by Crippen LogP contribution is -2.19. The highest BCUT2D eigenvalue weighted by Crippen LogP contribution is 2.60. The van der Waals surface area contributed by atoms with Gasteiger partial charge in [-0.3, -0.25) is 9.78 Å². The lowest BCUT2D eigenvalue weighted by atomic mass is 9.87. The number of fused-ring (bicyclic) bond motifs is 2. The highest BCUT2D eigenvalue weighted by atomic mass is 16.1. The van der Waals surface area contributed by atoms with Crippen LogP contribution < -0.4 is 5.32 Å². The van der Waals surface area contributed by atoms with Gasteiger partial charge in [0.1, 0.15) is 0 Å². The summed E-state index contributed by atoms with van der Waals surface area (Å²) in [5.74, 6) is 0.455. The molecule has 1 saturated carbocycles. The van der Waals surface area contributed by atoms with E-state index in [1.807, 2.05) is 42.5 Å². The number of carbonyl (C=O) groups is 1. The first kappa shape index (κ1) is 14.5. The minimum absolute atomic E-state index is 0.147. The number of hydrogen-bond donors (Lipinski definition) is 2. The van der Waals surface area contributed by atoms with Crippen molar-refractivity contribution in [1.82, 2.24) is 9.97 Å². The number of para-hydroxylation sites is 1. The van der Waals surface area contributed by atoms with Crippen molar-refractivity contribution < 1.29 is 4.79 Å². The van der Waals surface area contributed by atoms with Gasteiger partial charge in [0.25, 0.3) is 0 Å². The minimum atomic E-state index is 0.147. The summed E-state index contributed by atoms with van der Waals surface area (Å²) in [6, 6.07) is 14.0. The third kappa shape index (κ3) is 2.21. The molecule has 2 N–H and O–H groups in total. The van der Waals surface area contributed by atoms with E-state index in [2.05, 4.69) is 22.2 Å². The molecule has 2 aliphatic carbocycles. The van der Waals surface area contributed by atoms with Crippen LogP contribution in [0.4, 0.5) is 11.4 Å². The Bertz CT molecular complexity index is 962. The van der Waals surface area contributed by atoms with Crippen molar-refractivity contribution in [3.05, 3.63) is 66.1 Å². The fourth-order valence-corrected chi connectivity index (χ4v) is 4.07. The number of pyridine rings is 1. The molecule has 0 spiro atoms. The lowest BCUT2D eigenvalue weighted by Gasteiger charge is -2.18. The number of Topliss-reactive ketones (excluding diaryl/α,β-unsaturated/α-hetero) is 1. The molecule has 0 bridgehead atoms. The van der Waals surface area contributed by atoms with Crippen LogP contribution in [0.15, 0.2) is 54.9 Å². The van der Waals surface area contributed by atoms with Gasteiger partial charge in [-0.05, 0) is 42.5 Å². The monoisotopic (exact) mass is 329 g/mol. The van der Waals surface area contributed by atoms with Gasteiger partial charge >= 0.3 is 0 Å². The van der Waals surface area contributed by atoms with E-state index in [1.54, 1.807) is 12.4 Å². The van der Waals surface area contributed by atoms with Crippen LogP contribution in [0.1, 0.15) is 29.4 Å². The van der Waals surface area contributed by atoms with Crippen LogP contribution in [0.2, 0.25) is 0 Å². The summed E-state index contributed by atoms with van der Waals surface area (Å²) in [6.45, 7) is 2.22. The van der Waals surface area contributed by atoms with E-state index in [0.717, 1.165) is 46.7 Å². The smallest absolute Gasteiger partial charge is 0.170 e. The second kappa shape index (κ2) is 5.06. The van der Waals surface area contributed by atoms with Crippen LogP contribution in [-0.2, 0) is 6.42 Å². The van der Waals surface area contributed by atoms with Crippen molar-refractivity contribution >= 4 is 17.2 Å². The molecule has 0 amide bonds. The Kier molecular flexibility index (Phi) is 2.93. The number of aromatic amines is 1. The average molecular weight is 329 g/mol. The first-order valence-corrected chi connectivity index (χ1v) is 8.67. The highest BCUT2D eigenvalue weighted by Gasteiger charge is 2.58. The maximum atomic E-state index is 13.0. The van der Waals surface area contributed by atoms with Gasteiger partial charge in [0.2, 0.25) is 0 Å². The molecule has 1 aromatic carbocycles. The van der Waals surface area contributed by atoms with Crippen LogP contribution in [0.5, 0.6) is 0 Å². The number of H-pyrrole nitrogens is 1. The SMILES string of the molecule is C[C@@]12Cc3[nH]c(-c4ccncc4)c(Nc4ccccc4)c3C(=O)[C@@H]1C2. The van der Waals surface area contributed by atoms with Crippen LogP contribution >= 0.6 is 0 Å². The standard InChI is InChI=1S/C21H19N3O/c1-21-11-15(21)20(25)17-16(12-21)24-18(13-7-9-22-10-8-13)19(17)23-14-5-3-2-4-6-14/h2-10,15,23-24H,11-12H2,1H3/t15-,21+/m0/s1. The summed E-state index contributed by atoms with van der Waals surface area (Å²) in [4.78, 5) is 20.7. The molecule has 5 rings (SSSR count). The zero-order valence-corrected chi connectivity index (χ0v) is 14.0. The van der Waals surface area contributed by atoms with E-state index < -0.39 is 0 Å². The molecule has 2 heterocycles. The topological polar surface area (TPSA) is 57.8 Å². The van der Waals surface area contributed by atoms with Crippen molar-refractivity contribution in [2.45, 2.75) is 19.8 Å². The average Bonchev–Trinajstić information content (AvgIpc) is 3.20. The molecule has 1 fully saturated rings. The van der Waals surface area contributed by atoms with Crippen molar-refractivity contribution in [2.75, 3.05) is 5.32 Å². The molecule has 2 aliphatic rings. The lowest BCUT2D eigenvalue weighted by molar-refractivity contribution is 0.0941. The van der Waals surface area contributed by atoms with Crippen LogP contribution in [-0.4, -0.2) is 15.8 Å². The Morgan fingerprint density at radius 2 is 1.92 bits per heavy atom. The molecule has 0 radical (unpaired) electrons. The molecule has 2 atom stereocenters. The number of aromatic nitrogens is 2. The van der Waals surface area contributed by atoms with Crippen molar-refractivity contribution in [1.29, 1.82) is 0 Å². The molecule has 0 unspecified atom stereocenters. The van der Waals surface area contributed by atoms with Crippen LogP contribution in [0, 0.1) is 11.3 Å². The zero-order chi connectivity index (χ0) is 17.0. The fraction of sp³-hybridized carbons (Fsp3) is 0.238. The van der Waals surface area contributed by atoms with Crippen LogP contribution in [0.3, 0.4) is 0 Å². The molecular weight excluding hydrogens is 310 g/mol. The largest absolute Gasteiger partial charge is 0.356 e. The minimum Gasteiger partial charge on any atom is -0.356 e. The van der Waals surface area contributed by atoms with Crippen molar-refractivity contribution in [2.24, 2.45) is 11.3 Å². The number of nitrogens with one attached hydrogen (secondary N) is 2. The van der Waals surface area contributed by atoms with Crippen LogP contribution in [0.25, 0.3) is 11.3 Å². The third-order valence-electron chi connectivity index (χ3n) is 5.58. The molecule has 0 aliphatic heterocycles. The van der Waals surface area contributed by atoms with E-state index >= 15 is 0 Å². The highest BCUT2D eigenvalue weighted by molar-refractivity contribution is 6.10. The van der Waals surface area contributed by atoms with Gasteiger partial charge in [0.15, 0.2) is 5.78 Å². The zero-order valence-electron chi connectivity index (χ0n) is 14.0. The maximum Gasteiger partial charge on any atom is 0.170 e. The predicted octanol–water partition coefficient (Wildman–Crippen LogP) is 4.59. The molecule has 3 aromatic rings. The van der Waals surface area contributed by atoms with Crippen molar-refractivity contribution in [3.8, 4) is 11.3 Å². The molecule has 2 aromatic heterocycles. The second-order valence-corrected chi connectivity index (χ2v) is 7.41. The molecule has 4 heteroatoms. The number of benzene rings is 1. The Labute approximate surface area is 146 Å². The van der Waals surface area contributed by atoms with E-state index in [9.17, 15) is 4.79 Å². The van der Waals surface area contributed by atoms with Crippen molar-refractivity contribution in [3.63, 3.8) is 0 Å². The van der Waals surface area contributed by atoms with Gasteiger partial charge < -0.3 is 10.3 Å². The van der Waals surface area contributed by atoms with Gasteiger partial charge in [0.05, 0.1) is 16.9 Å². The quantitative estimate of drug-likeness (QED) is 0.739. The Hall–Kier alpha value is -2.88. The molecule has 124 valence electrons. The number of rotatable bonds is 3. The van der Waals surface area contributed by atoms with Gasteiger partial charge in [-0.25, -0.2) is 0 Å². The second-order valence-electron chi connectivity index (χ2n) is 7.41. The number of anilines is 2. The van der Waals surface area contributed by atoms with Gasteiger partial charge in [-0.1, -0.05) is 25.1 Å². The number of ketones is 1. The normalized spacial score (nSPS) is 23.7.